The molecule has 2 atom stereocenters. The van der Waals surface area contributed by atoms with Gasteiger partial charge in [0.2, 0.25) is 5.82 Å². The van der Waals surface area contributed by atoms with Crippen molar-refractivity contribution in [3.05, 3.63) is 63.8 Å². The zero-order valence-electron chi connectivity index (χ0n) is 15.0. The molecule has 1 N–H and O–H groups in total. The van der Waals surface area contributed by atoms with Gasteiger partial charge in [-0.25, -0.2) is 9.78 Å². The SMILES string of the molecule is COC(=O)c1cnc(NCC2CCCOC2c2ccccc2)c([N+](=O)[O-])c1. The fraction of sp³-hybridized carbons (Fsp3) is 0.368. The lowest BCUT2D eigenvalue weighted by atomic mass is 9.89. The summed E-state index contributed by atoms with van der Waals surface area (Å²) in [6.45, 7) is 1.17. The summed E-state index contributed by atoms with van der Waals surface area (Å²) in [4.78, 5) is 26.4. The molecule has 1 aliphatic heterocycles. The molecule has 0 radical (unpaired) electrons. The number of carbonyl (C=O) groups is 1. The first-order valence-electron chi connectivity index (χ1n) is 8.73. The van der Waals surface area contributed by atoms with Crippen LogP contribution in [0.15, 0.2) is 42.6 Å². The Morgan fingerprint density at radius 3 is 2.89 bits per heavy atom. The molecule has 1 aliphatic rings. The highest BCUT2D eigenvalue weighted by Gasteiger charge is 2.28. The Morgan fingerprint density at radius 2 is 2.19 bits per heavy atom. The first kappa shape index (κ1) is 18.8. The van der Waals surface area contributed by atoms with Gasteiger partial charge in [-0.05, 0) is 18.4 Å². The van der Waals surface area contributed by atoms with Crippen molar-refractivity contribution in [2.24, 2.45) is 5.92 Å². The highest BCUT2D eigenvalue weighted by Crippen LogP contribution is 2.34. The molecule has 2 heterocycles. The van der Waals surface area contributed by atoms with Crippen LogP contribution in [0.25, 0.3) is 0 Å². The van der Waals surface area contributed by atoms with Gasteiger partial charge in [0.15, 0.2) is 0 Å². The highest BCUT2D eigenvalue weighted by molar-refractivity contribution is 5.90. The Balaban J connectivity index is 1.76. The second-order valence-corrected chi connectivity index (χ2v) is 6.33. The number of nitrogens with one attached hydrogen (secondary N) is 1. The molecule has 1 saturated heterocycles. The van der Waals surface area contributed by atoms with Crippen LogP contribution in [0.3, 0.4) is 0 Å². The fourth-order valence-corrected chi connectivity index (χ4v) is 3.25. The van der Waals surface area contributed by atoms with Crippen molar-refractivity contribution >= 4 is 17.5 Å². The van der Waals surface area contributed by atoms with E-state index in [1.165, 1.54) is 19.4 Å². The predicted octanol–water partition coefficient (Wildman–Crippen LogP) is 3.36. The van der Waals surface area contributed by atoms with Crippen LogP contribution in [0, 0.1) is 16.0 Å². The molecule has 0 aliphatic carbocycles. The molecule has 1 aromatic carbocycles. The van der Waals surface area contributed by atoms with Crippen LogP contribution in [0.4, 0.5) is 11.5 Å². The smallest absolute Gasteiger partial charge is 0.339 e. The molecule has 8 nitrogen and oxygen atoms in total. The summed E-state index contributed by atoms with van der Waals surface area (Å²) in [6.07, 6.45) is 3.08. The molecule has 8 heteroatoms. The number of aromatic nitrogens is 1. The fourth-order valence-electron chi connectivity index (χ4n) is 3.25. The van der Waals surface area contributed by atoms with Gasteiger partial charge >= 0.3 is 11.7 Å². The van der Waals surface area contributed by atoms with E-state index in [0.29, 0.717) is 13.2 Å². The van der Waals surface area contributed by atoms with Gasteiger partial charge in [0.05, 0.1) is 23.7 Å². The molecule has 0 bridgehead atoms. The standard InChI is InChI=1S/C19H21N3O5/c1-26-19(23)15-10-16(22(24)25)18(21-12-15)20-11-14-8-5-9-27-17(14)13-6-3-2-4-7-13/h2-4,6-7,10,12,14,17H,5,8-9,11H2,1H3,(H,20,21). The molecule has 1 fully saturated rings. The van der Waals surface area contributed by atoms with Gasteiger partial charge in [0, 0.05) is 31.3 Å². The zero-order chi connectivity index (χ0) is 19.2. The van der Waals surface area contributed by atoms with Crippen molar-refractivity contribution in [2.75, 3.05) is 25.6 Å². The summed E-state index contributed by atoms with van der Waals surface area (Å²) >= 11 is 0. The summed E-state index contributed by atoms with van der Waals surface area (Å²) in [6, 6.07) is 11.1. The number of hydrogen-bond donors (Lipinski definition) is 1. The van der Waals surface area contributed by atoms with E-state index >= 15 is 0 Å². The van der Waals surface area contributed by atoms with Gasteiger partial charge in [-0.3, -0.25) is 10.1 Å². The third-order valence-corrected chi connectivity index (χ3v) is 4.59. The third-order valence-electron chi connectivity index (χ3n) is 4.59. The van der Waals surface area contributed by atoms with E-state index in [1.54, 1.807) is 0 Å². The monoisotopic (exact) mass is 371 g/mol. The van der Waals surface area contributed by atoms with Crippen molar-refractivity contribution in [3.63, 3.8) is 0 Å². The number of benzene rings is 1. The molecule has 2 unspecified atom stereocenters. The van der Waals surface area contributed by atoms with Crippen LogP contribution in [-0.2, 0) is 9.47 Å². The second kappa shape index (κ2) is 8.59. The number of ether oxygens (including phenoxy) is 2. The number of esters is 1. The van der Waals surface area contributed by atoms with Gasteiger partial charge in [0.25, 0.3) is 0 Å². The summed E-state index contributed by atoms with van der Waals surface area (Å²) in [5.41, 5.74) is 0.872. The maximum atomic E-state index is 11.6. The average molecular weight is 371 g/mol. The van der Waals surface area contributed by atoms with E-state index < -0.39 is 10.9 Å². The largest absolute Gasteiger partial charge is 0.465 e. The van der Waals surface area contributed by atoms with Crippen LogP contribution in [-0.4, -0.2) is 36.1 Å². The number of rotatable bonds is 6. The second-order valence-electron chi connectivity index (χ2n) is 6.33. The zero-order valence-corrected chi connectivity index (χ0v) is 15.0. The maximum Gasteiger partial charge on any atom is 0.339 e. The van der Waals surface area contributed by atoms with Gasteiger partial charge in [-0.1, -0.05) is 30.3 Å². The topological polar surface area (TPSA) is 104 Å². The van der Waals surface area contributed by atoms with Gasteiger partial charge in [0.1, 0.15) is 0 Å². The Bertz CT molecular complexity index is 812. The minimum absolute atomic E-state index is 0.0397. The van der Waals surface area contributed by atoms with Crippen molar-refractivity contribution in [1.29, 1.82) is 0 Å². The van der Waals surface area contributed by atoms with Gasteiger partial charge in [-0.2, -0.15) is 0 Å². The number of nitrogens with zero attached hydrogens (tertiary/aromatic N) is 2. The first-order chi connectivity index (χ1) is 13.1. The van der Waals surface area contributed by atoms with E-state index in [4.69, 9.17) is 4.74 Å². The Morgan fingerprint density at radius 1 is 1.41 bits per heavy atom. The lowest BCUT2D eigenvalue weighted by Gasteiger charge is -2.32. The molecule has 27 heavy (non-hydrogen) atoms. The van der Waals surface area contributed by atoms with Crippen molar-refractivity contribution < 1.29 is 19.2 Å². The number of hydrogen-bond acceptors (Lipinski definition) is 7. The molecular weight excluding hydrogens is 350 g/mol. The third kappa shape index (κ3) is 4.40. The number of methoxy groups -OCH3 is 1. The summed E-state index contributed by atoms with van der Waals surface area (Å²) < 4.78 is 10.5. The van der Waals surface area contributed by atoms with Crippen molar-refractivity contribution in [2.45, 2.75) is 18.9 Å². The van der Waals surface area contributed by atoms with Crippen LogP contribution >= 0.6 is 0 Å². The molecule has 1 aromatic heterocycles. The molecule has 0 saturated carbocycles. The Hall–Kier alpha value is -3.00. The number of nitro groups is 1. The van der Waals surface area contributed by atoms with E-state index in [1.807, 2.05) is 30.3 Å². The number of carbonyl (C=O) groups excluding carboxylic acids is 1. The van der Waals surface area contributed by atoms with Crippen LogP contribution in [0.5, 0.6) is 0 Å². The molecule has 3 rings (SSSR count). The van der Waals surface area contributed by atoms with Crippen LogP contribution in [0.1, 0.15) is 34.9 Å². The maximum absolute atomic E-state index is 11.6. The minimum atomic E-state index is -0.665. The molecular formula is C19H21N3O5. The van der Waals surface area contributed by atoms with Crippen molar-refractivity contribution in [1.82, 2.24) is 4.98 Å². The Labute approximate surface area is 156 Å². The summed E-state index contributed by atoms with van der Waals surface area (Å²) in [7, 11) is 1.22. The summed E-state index contributed by atoms with van der Waals surface area (Å²) in [5, 5.41) is 14.4. The van der Waals surface area contributed by atoms with E-state index in [2.05, 4.69) is 15.0 Å². The lowest BCUT2D eigenvalue weighted by Crippen LogP contribution is -2.28. The normalized spacial score (nSPS) is 19.3. The Kier molecular flexibility index (Phi) is 5.97. The van der Waals surface area contributed by atoms with Crippen LogP contribution in [0.2, 0.25) is 0 Å². The number of anilines is 1. The van der Waals surface area contributed by atoms with Gasteiger partial charge < -0.3 is 14.8 Å². The number of pyridine rings is 1. The quantitative estimate of drug-likeness (QED) is 0.472. The molecule has 2 aromatic rings. The molecule has 142 valence electrons. The minimum Gasteiger partial charge on any atom is -0.465 e. The summed E-state index contributed by atoms with van der Waals surface area (Å²) in [5.74, 6) is -0.380. The molecule has 0 amide bonds. The molecule has 0 spiro atoms. The van der Waals surface area contributed by atoms with E-state index in [0.717, 1.165) is 18.4 Å². The predicted molar refractivity (Wildman–Crippen MR) is 98.6 cm³/mol. The average Bonchev–Trinajstić information content (AvgIpc) is 2.72. The van der Waals surface area contributed by atoms with Crippen molar-refractivity contribution in [3.8, 4) is 0 Å². The van der Waals surface area contributed by atoms with Crippen LogP contribution < -0.4 is 5.32 Å². The van der Waals surface area contributed by atoms with E-state index in [9.17, 15) is 14.9 Å². The van der Waals surface area contributed by atoms with E-state index in [-0.39, 0.29) is 29.1 Å². The van der Waals surface area contributed by atoms with Gasteiger partial charge in [-0.15, -0.1) is 0 Å². The highest BCUT2D eigenvalue weighted by atomic mass is 16.6. The first-order valence-corrected chi connectivity index (χ1v) is 8.73. The lowest BCUT2D eigenvalue weighted by molar-refractivity contribution is -0.384.